The van der Waals surface area contributed by atoms with Crippen molar-refractivity contribution in [3.05, 3.63) is 51.0 Å². The number of ether oxygens (including phenoxy) is 1. The molecule has 2 rings (SSSR count). The van der Waals surface area contributed by atoms with Gasteiger partial charge in [-0.25, -0.2) is 0 Å². The van der Waals surface area contributed by atoms with Crippen molar-refractivity contribution < 1.29 is 4.74 Å². The Morgan fingerprint density at radius 3 is 2.61 bits per heavy atom. The van der Waals surface area contributed by atoms with Crippen LogP contribution >= 0.6 is 11.3 Å². The summed E-state index contributed by atoms with van der Waals surface area (Å²) in [6.45, 7) is 9.63. The molecule has 2 N–H and O–H groups in total. The van der Waals surface area contributed by atoms with Crippen molar-refractivity contribution in [2.75, 3.05) is 13.2 Å². The molecule has 1 heterocycles. The Hall–Kier alpha value is -1.85. The van der Waals surface area contributed by atoms with Crippen LogP contribution in [0.15, 0.2) is 41.2 Å². The van der Waals surface area contributed by atoms with Gasteiger partial charge in [0.1, 0.15) is 12.4 Å². The number of unbranched alkanes of at least 4 members (excludes halogenated alkanes) is 1. The summed E-state index contributed by atoms with van der Waals surface area (Å²) in [7, 11) is 0. The number of thiazole rings is 1. The van der Waals surface area contributed by atoms with Gasteiger partial charge in [0, 0.05) is 11.4 Å². The molecule has 0 fully saturated rings. The van der Waals surface area contributed by atoms with Gasteiger partial charge in [-0.05, 0) is 68.6 Å². The first-order valence-corrected chi connectivity index (χ1v) is 8.62. The number of rotatable bonds is 8. The molecule has 0 saturated carbocycles. The third-order valence-electron chi connectivity index (χ3n) is 3.51. The van der Waals surface area contributed by atoms with E-state index in [-0.39, 0.29) is 4.87 Å². The summed E-state index contributed by atoms with van der Waals surface area (Å²) < 4.78 is 7.48. The van der Waals surface area contributed by atoms with Gasteiger partial charge in [-0.15, -0.1) is 0 Å². The van der Waals surface area contributed by atoms with Crippen molar-refractivity contribution in [1.29, 1.82) is 0 Å². The average Bonchev–Trinajstić information content (AvgIpc) is 2.80. The van der Waals surface area contributed by atoms with Crippen molar-refractivity contribution in [3.8, 4) is 17.0 Å². The van der Waals surface area contributed by atoms with Crippen LogP contribution in [0, 0.1) is 6.92 Å². The fourth-order valence-corrected chi connectivity index (χ4v) is 3.29. The molecule has 4 nitrogen and oxygen atoms in total. The Morgan fingerprint density at radius 1 is 1.30 bits per heavy atom. The van der Waals surface area contributed by atoms with Gasteiger partial charge in [-0.3, -0.25) is 9.36 Å². The minimum Gasteiger partial charge on any atom is -0.489 e. The van der Waals surface area contributed by atoms with E-state index < -0.39 is 0 Å². The highest BCUT2D eigenvalue weighted by atomic mass is 32.1. The predicted molar refractivity (Wildman–Crippen MR) is 97.3 cm³/mol. The summed E-state index contributed by atoms with van der Waals surface area (Å²) >= 11 is 1.30. The molecule has 1 aromatic heterocycles. The van der Waals surface area contributed by atoms with Crippen LogP contribution in [-0.4, -0.2) is 17.7 Å². The Kier molecular flexibility index (Phi) is 6.19. The number of benzene rings is 1. The second kappa shape index (κ2) is 8.13. The lowest BCUT2D eigenvalue weighted by Gasteiger charge is -2.10. The first-order valence-electron chi connectivity index (χ1n) is 7.81. The molecule has 0 atom stereocenters. The molecular weight excluding hydrogens is 308 g/mol. The van der Waals surface area contributed by atoms with Gasteiger partial charge in [0.15, 0.2) is 0 Å². The van der Waals surface area contributed by atoms with Crippen molar-refractivity contribution in [3.63, 3.8) is 0 Å². The summed E-state index contributed by atoms with van der Waals surface area (Å²) in [5, 5.41) is 0. The van der Waals surface area contributed by atoms with Gasteiger partial charge in [-0.2, -0.15) is 0 Å². The van der Waals surface area contributed by atoms with E-state index >= 15 is 0 Å². The lowest BCUT2D eigenvalue weighted by molar-refractivity contribution is 0.353. The molecule has 0 unspecified atom stereocenters. The van der Waals surface area contributed by atoms with Gasteiger partial charge >= 0.3 is 4.87 Å². The van der Waals surface area contributed by atoms with Crippen molar-refractivity contribution in [1.82, 2.24) is 4.57 Å². The SMILES string of the molecule is C=C(C)COc1ccc(-c2c(C)sc(=O)n2CCCCN)cc1. The largest absolute Gasteiger partial charge is 0.489 e. The lowest BCUT2D eigenvalue weighted by atomic mass is 10.1. The zero-order valence-electron chi connectivity index (χ0n) is 13.8. The molecule has 23 heavy (non-hydrogen) atoms. The Labute approximate surface area is 141 Å². The lowest BCUT2D eigenvalue weighted by Crippen LogP contribution is -2.15. The Morgan fingerprint density at radius 2 is 2.00 bits per heavy atom. The smallest absolute Gasteiger partial charge is 0.307 e. The van der Waals surface area contributed by atoms with Crippen LogP contribution in [0.2, 0.25) is 0 Å². The standard InChI is InChI=1S/C18H24N2O2S/c1-13(2)12-22-16-8-6-15(7-9-16)17-14(3)23-18(21)20(17)11-5-4-10-19/h6-9H,1,4-5,10-12,19H2,2-3H3. The summed E-state index contributed by atoms with van der Waals surface area (Å²) in [6, 6.07) is 7.87. The third-order valence-corrected chi connectivity index (χ3v) is 4.41. The molecule has 0 aliphatic heterocycles. The summed E-state index contributed by atoms with van der Waals surface area (Å²) in [5.41, 5.74) is 8.57. The van der Waals surface area contributed by atoms with E-state index in [0.29, 0.717) is 19.7 Å². The zero-order chi connectivity index (χ0) is 16.8. The topological polar surface area (TPSA) is 57.2 Å². The minimum atomic E-state index is 0.0946. The molecule has 1 aromatic carbocycles. The van der Waals surface area contributed by atoms with E-state index in [1.165, 1.54) is 11.3 Å². The number of nitrogens with two attached hydrogens (primary N) is 1. The predicted octanol–water partition coefficient (Wildman–Crippen LogP) is 3.58. The van der Waals surface area contributed by atoms with Gasteiger partial charge in [0.2, 0.25) is 0 Å². The molecule has 0 aliphatic carbocycles. The first-order chi connectivity index (χ1) is 11.0. The summed E-state index contributed by atoms with van der Waals surface area (Å²) in [5.74, 6) is 0.807. The Balaban J connectivity index is 2.23. The second-order valence-electron chi connectivity index (χ2n) is 5.69. The molecule has 0 aliphatic rings. The number of hydrogen-bond acceptors (Lipinski definition) is 4. The van der Waals surface area contributed by atoms with Crippen LogP contribution in [0.3, 0.4) is 0 Å². The third kappa shape index (κ3) is 4.56. The zero-order valence-corrected chi connectivity index (χ0v) is 14.6. The van der Waals surface area contributed by atoms with E-state index in [4.69, 9.17) is 10.5 Å². The maximum Gasteiger partial charge on any atom is 0.307 e. The molecule has 0 radical (unpaired) electrons. The van der Waals surface area contributed by atoms with E-state index in [2.05, 4.69) is 6.58 Å². The van der Waals surface area contributed by atoms with Crippen LogP contribution in [0.1, 0.15) is 24.6 Å². The normalized spacial score (nSPS) is 10.7. The minimum absolute atomic E-state index is 0.0946. The van der Waals surface area contributed by atoms with Gasteiger partial charge in [0.05, 0.1) is 5.69 Å². The number of aryl methyl sites for hydroxylation is 1. The molecular formula is C18H24N2O2S. The molecule has 0 spiro atoms. The maximum absolute atomic E-state index is 12.2. The number of nitrogens with zero attached hydrogens (tertiary/aromatic N) is 1. The average molecular weight is 332 g/mol. The van der Waals surface area contributed by atoms with Crippen LogP contribution in [-0.2, 0) is 6.54 Å². The van der Waals surface area contributed by atoms with Crippen LogP contribution < -0.4 is 15.3 Å². The second-order valence-corrected chi connectivity index (χ2v) is 6.86. The van der Waals surface area contributed by atoms with Crippen molar-refractivity contribution >= 4 is 11.3 Å². The van der Waals surface area contributed by atoms with E-state index in [1.54, 1.807) is 0 Å². The quantitative estimate of drug-likeness (QED) is 0.594. The molecule has 5 heteroatoms. The molecule has 2 aromatic rings. The monoisotopic (exact) mass is 332 g/mol. The van der Waals surface area contributed by atoms with Gasteiger partial charge in [-0.1, -0.05) is 17.9 Å². The van der Waals surface area contributed by atoms with E-state index in [9.17, 15) is 4.79 Å². The Bertz CT molecular complexity index is 714. The highest BCUT2D eigenvalue weighted by Gasteiger charge is 2.13. The fourth-order valence-electron chi connectivity index (χ4n) is 2.41. The van der Waals surface area contributed by atoms with Crippen molar-refractivity contribution in [2.45, 2.75) is 33.2 Å². The van der Waals surface area contributed by atoms with E-state index in [0.717, 1.165) is 40.3 Å². The van der Waals surface area contributed by atoms with Gasteiger partial charge < -0.3 is 10.5 Å². The first kappa shape index (κ1) is 17.5. The number of aromatic nitrogens is 1. The fraction of sp³-hybridized carbons (Fsp3) is 0.389. The maximum atomic E-state index is 12.2. The van der Waals surface area contributed by atoms with E-state index in [1.807, 2.05) is 42.7 Å². The highest BCUT2D eigenvalue weighted by Crippen LogP contribution is 2.27. The number of hydrogen-bond donors (Lipinski definition) is 1. The summed E-state index contributed by atoms with van der Waals surface area (Å²) in [4.78, 5) is 13.3. The molecule has 0 bridgehead atoms. The van der Waals surface area contributed by atoms with Gasteiger partial charge in [0.25, 0.3) is 0 Å². The molecule has 124 valence electrons. The van der Waals surface area contributed by atoms with Crippen molar-refractivity contribution in [2.24, 2.45) is 5.73 Å². The molecule has 0 saturated heterocycles. The van der Waals surface area contributed by atoms with Crippen LogP contribution in [0.4, 0.5) is 0 Å². The summed E-state index contributed by atoms with van der Waals surface area (Å²) in [6.07, 6.45) is 1.84. The molecule has 0 amide bonds. The van der Waals surface area contributed by atoms with Crippen LogP contribution in [0.5, 0.6) is 5.75 Å². The highest BCUT2D eigenvalue weighted by molar-refractivity contribution is 7.09. The van der Waals surface area contributed by atoms with Crippen LogP contribution in [0.25, 0.3) is 11.3 Å².